The van der Waals surface area contributed by atoms with E-state index in [0.717, 1.165) is 123 Å². The minimum Gasteiger partial charge on any atom is -0.310 e. The average Bonchev–Trinajstić information content (AvgIpc) is 2.80. The Hall–Kier alpha value is -10.2. The molecule has 5 heteroatoms. The molecule has 0 saturated carbocycles. The van der Waals surface area contributed by atoms with Crippen LogP contribution in [0.4, 0.5) is 42.9 Å². The summed E-state index contributed by atoms with van der Waals surface area (Å²) < 4.78 is 32.3. The Labute approximate surface area is 486 Å². The number of hydrogen-bond donors (Lipinski definition) is 0. The molecule has 0 bridgehead atoms. The van der Waals surface area contributed by atoms with Crippen LogP contribution in [-0.2, 0) is 10.8 Å². The molecule has 12 aromatic carbocycles. The molecule has 2 aliphatic carbocycles. The van der Waals surface area contributed by atoms with E-state index in [9.17, 15) is 8.78 Å². The summed E-state index contributed by atoms with van der Waals surface area (Å²) >= 11 is 1.80. The Kier molecular flexibility index (Phi) is 11.9. The van der Waals surface area contributed by atoms with Crippen LogP contribution in [0.25, 0.3) is 54.6 Å². The predicted molar refractivity (Wildman–Crippen MR) is 343 cm³/mol. The van der Waals surface area contributed by atoms with Crippen LogP contribution in [0.2, 0.25) is 0 Å². The topological polar surface area (TPSA) is 6.48 Å². The minimum atomic E-state index is -0.755. The fraction of sp³-hybridized carbons (Fsp3) is 0.0256. The first-order valence-corrected chi connectivity index (χ1v) is 28.8. The van der Waals surface area contributed by atoms with Crippen molar-refractivity contribution in [2.45, 2.75) is 10.8 Å². The van der Waals surface area contributed by atoms with E-state index >= 15 is 0 Å². The van der Waals surface area contributed by atoms with Crippen LogP contribution in [0.15, 0.2) is 292 Å². The van der Waals surface area contributed by atoms with Crippen LogP contribution in [0.3, 0.4) is 0 Å². The zero-order chi connectivity index (χ0) is 55.8. The SMILES string of the molecule is C=Cc1ccc(C2(c3ccc(F)cc3)c3ccccc3-c3ccc(N(c4ccccc4)c4ccc5sc6ccc(N(c7ccccc7)c7ccc8c(c7)C(c7ccc(F)cc7)(c7ccc(C=C)cc7)c7ccccc7-8)cc6c5c4)cc32)cc1. The number of benzene rings is 12. The van der Waals surface area contributed by atoms with Crippen LogP contribution in [0.5, 0.6) is 0 Å². The van der Waals surface area contributed by atoms with Crippen molar-refractivity contribution in [1.82, 2.24) is 0 Å². The summed E-state index contributed by atoms with van der Waals surface area (Å²) in [6, 6.07) is 97.3. The Balaban J connectivity index is 0.904. The second-order valence-corrected chi connectivity index (χ2v) is 22.6. The van der Waals surface area contributed by atoms with Gasteiger partial charge in [0, 0.05) is 54.3 Å². The zero-order valence-corrected chi connectivity index (χ0v) is 46.0. The van der Waals surface area contributed by atoms with Gasteiger partial charge in [-0.05, 0) is 187 Å². The van der Waals surface area contributed by atoms with Gasteiger partial charge in [0.1, 0.15) is 11.6 Å². The first-order chi connectivity index (χ1) is 40.8. The van der Waals surface area contributed by atoms with Gasteiger partial charge in [-0.15, -0.1) is 11.3 Å². The van der Waals surface area contributed by atoms with E-state index < -0.39 is 10.8 Å². The van der Waals surface area contributed by atoms with E-state index in [4.69, 9.17) is 0 Å². The maximum absolute atomic E-state index is 15.0. The molecule has 1 heterocycles. The zero-order valence-electron chi connectivity index (χ0n) is 45.2. The van der Waals surface area contributed by atoms with Crippen LogP contribution in [-0.4, -0.2) is 0 Å². The van der Waals surface area contributed by atoms with E-state index in [1.807, 2.05) is 36.4 Å². The van der Waals surface area contributed by atoms with Crippen molar-refractivity contribution in [3.8, 4) is 22.3 Å². The summed E-state index contributed by atoms with van der Waals surface area (Å²) in [7, 11) is 0. The molecule has 13 aromatic rings. The number of anilines is 6. The molecule has 394 valence electrons. The highest BCUT2D eigenvalue weighted by molar-refractivity contribution is 7.25. The van der Waals surface area contributed by atoms with Crippen LogP contribution in [0.1, 0.15) is 55.6 Å². The minimum absolute atomic E-state index is 0.274. The normalized spacial score (nSPS) is 15.5. The van der Waals surface area contributed by atoms with Crippen molar-refractivity contribution in [3.05, 3.63) is 359 Å². The largest absolute Gasteiger partial charge is 0.310 e. The molecule has 83 heavy (non-hydrogen) atoms. The third-order valence-corrected chi connectivity index (χ3v) is 18.4. The van der Waals surface area contributed by atoms with Crippen LogP contribution in [0, 0.1) is 11.6 Å². The predicted octanol–water partition coefficient (Wildman–Crippen LogP) is 21.3. The molecular formula is C78H52F2N2S. The molecule has 0 radical (unpaired) electrons. The van der Waals surface area contributed by atoms with Gasteiger partial charge in [0.25, 0.3) is 0 Å². The standard InChI is InChI=1S/C78H52F2N2S/c1-3-51-23-27-53(28-24-51)77(55-31-35-57(79)36-32-55)71-21-13-11-19-65(71)67-43-39-63(49-73(67)77)81(59-15-7-5-8-16-59)61-41-45-75-69(47-61)70-48-62(42-46-76(70)83-75)82(60-17-9-6-10-18-60)64-40-44-68-66-20-12-14-22-72(66)78(74(68)50-64,56-33-37-58(80)38-34-56)54-29-25-52(4-2)26-30-54/h3-50H,1-2H2. The molecular weight excluding hydrogens is 1030 g/mol. The molecule has 1 aromatic heterocycles. The second kappa shape index (κ2) is 19.8. The highest BCUT2D eigenvalue weighted by Crippen LogP contribution is 2.59. The smallest absolute Gasteiger partial charge is 0.123 e. The van der Waals surface area contributed by atoms with Gasteiger partial charge in [-0.3, -0.25) is 0 Å². The number of fused-ring (bicyclic) bond motifs is 9. The molecule has 2 aliphatic rings. The fourth-order valence-corrected chi connectivity index (χ4v) is 14.7. The number of thiophene rings is 1. The molecule has 0 N–H and O–H groups in total. The Morgan fingerprint density at radius 3 is 1.01 bits per heavy atom. The van der Waals surface area contributed by atoms with Crippen molar-refractivity contribution in [3.63, 3.8) is 0 Å². The number of hydrogen-bond acceptors (Lipinski definition) is 3. The van der Waals surface area contributed by atoms with Gasteiger partial charge in [-0.1, -0.05) is 195 Å². The molecule has 15 rings (SSSR count). The van der Waals surface area contributed by atoms with E-state index in [2.05, 4.69) is 253 Å². The average molecular weight is 1090 g/mol. The van der Waals surface area contributed by atoms with E-state index in [1.54, 1.807) is 35.6 Å². The van der Waals surface area contributed by atoms with Crippen molar-refractivity contribution < 1.29 is 8.78 Å². The van der Waals surface area contributed by atoms with Gasteiger partial charge < -0.3 is 9.80 Å². The lowest BCUT2D eigenvalue weighted by Gasteiger charge is -2.35. The highest BCUT2D eigenvalue weighted by Gasteiger charge is 2.48. The summed E-state index contributed by atoms with van der Waals surface area (Å²) in [6.07, 6.45) is 3.74. The van der Waals surface area contributed by atoms with Gasteiger partial charge >= 0.3 is 0 Å². The van der Waals surface area contributed by atoms with E-state index in [0.29, 0.717) is 0 Å². The maximum Gasteiger partial charge on any atom is 0.123 e. The quantitative estimate of drug-likeness (QED) is 0.120. The van der Waals surface area contributed by atoms with Gasteiger partial charge in [0.15, 0.2) is 0 Å². The van der Waals surface area contributed by atoms with Gasteiger partial charge in [0.2, 0.25) is 0 Å². The summed E-state index contributed by atoms with van der Waals surface area (Å²) in [6.45, 7) is 8.12. The van der Waals surface area contributed by atoms with Crippen molar-refractivity contribution in [2.75, 3.05) is 9.80 Å². The maximum atomic E-state index is 15.0. The van der Waals surface area contributed by atoms with E-state index in [1.165, 1.54) is 9.40 Å². The molecule has 2 unspecified atom stereocenters. The second-order valence-electron chi connectivity index (χ2n) is 21.5. The Morgan fingerprint density at radius 1 is 0.301 bits per heavy atom. The number of halogens is 2. The lowest BCUT2D eigenvalue weighted by Crippen LogP contribution is -2.29. The summed E-state index contributed by atoms with van der Waals surface area (Å²) in [5, 5.41) is 2.30. The molecule has 0 saturated heterocycles. The first kappa shape index (κ1) is 49.8. The fourth-order valence-electron chi connectivity index (χ4n) is 13.6. The van der Waals surface area contributed by atoms with Crippen molar-refractivity contribution >= 4 is 77.8 Å². The number of nitrogens with zero attached hydrogens (tertiary/aromatic N) is 2. The molecule has 0 amide bonds. The third kappa shape index (κ3) is 7.80. The van der Waals surface area contributed by atoms with Gasteiger partial charge in [-0.25, -0.2) is 8.78 Å². The number of para-hydroxylation sites is 2. The molecule has 0 fully saturated rings. The molecule has 0 aliphatic heterocycles. The van der Waals surface area contributed by atoms with Crippen LogP contribution < -0.4 is 9.80 Å². The molecule has 0 spiro atoms. The molecule has 2 atom stereocenters. The summed E-state index contributed by atoms with van der Waals surface area (Å²) in [5.74, 6) is -0.549. The van der Waals surface area contributed by atoms with E-state index in [-0.39, 0.29) is 11.6 Å². The molecule has 2 nitrogen and oxygen atoms in total. The number of rotatable bonds is 12. The van der Waals surface area contributed by atoms with Gasteiger partial charge in [0.05, 0.1) is 10.8 Å². The Morgan fingerprint density at radius 2 is 0.627 bits per heavy atom. The monoisotopic (exact) mass is 1090 g/mol. The first-order valence-electron chi connectivity index (χ1n) is 28.0. The third-order valence-electron chi connectivity index (χ3n) is 17.3. The lowest BCUT2D eigenvalue weighted by atomic mass is 9.67. The van der Waals surface area contributed by atoms with Crippen molar-refractivity contribution in [2.24, 2.45) is 0 Å². The Bertz CT molecular complexity index is 4370. The summed E-state index contributed by atoms with van der Waals surface area (Å²) in [4.78, 5) is 4.73. The summed E-state index contributed by atoms with van der Waals surface area (Å²) in [5.41, 5.74) is 19.9. The highest BCUT2D eigenvalue weighted by atomic mass is 32.1. The lowest BCUT2D eigenvalue weighted by molar-refractivity contribution is 0.624. The van der Waals surface area contributed by atoms with Crippen LogP contribution >= 0.6 is 11.3 Å². The van der Waals surface area contributed by atoms with Gasteiger partial charge in [-0.2, -0.15) is 0 Å². The van der Waals surface area contributed by atoms with Crippen molar-refractivity contribution in [1.29, 1.82) is 0 Å².